The van der Waals surface area contributed by atoms with Gasteiger partial charge in [0.2, 0.25) is 11.8 Å². The van der Waals surface area contributed by atoms with Gasteiger partial charge in [0.1, 0.15) is 5.41 Å². The molecular weight excluding hydrogens is 524 g/mol. The van der Waals surface area contributed by atoms with Crippen LogP contribution in [0.3, 0.4) is 0 Å². The Morgan fingerprint density at radius 1 is 0.905 bits per heavy atom. The molecule has 42 heavy (non-hydrogen) atoms. The molecule has 1 aliphatic heterocycles. The van der Waals surface area contributed by atoms with E-state index in [1.807, 2.05) is 60.7 Å². The number of nitrogens with zero attached hydrogens (tertiary/aromatic N) is 1. The largest absolute Gasteiger partial charge is 0.465 e. The zero-order valence-corrected chi connectivity index (χ0v) is 24.0. The zero-order valence-electron chi connectivity index (χ0n) is 24.0. The number of carbonyl (C=O) groups is 3. The van der Waals surface area contributed by atoms with Crippen molar-refractivity contribution in [2.24, 2.45) is 11.3 Å². The van der Waals surface area contributed by atoms with E-state index >= 15 is 0 Å². The Morgan fingerprint density at radius 2 is 1.55 bits per heavy atom. The number of benzene rings is 4. The molecule has 214 valence electrons. The van der Waals surface area contributed by atoms with Crippen LogP contribution in [0.25, 0.3) is 21.5 Å². The molecule has 4 aromatic rings. The van der Waals surface area contributed by atoms with Crippen molar-refractivity contribution in [3.63, 3.8) is 0 Å². The van der Waals surface area contributed by atoms with Crippen molar-refractivity contribution in [3.8, 4) is 0 Å². The van der Waals surface area contributed by atoms with Gasteiger partial charge >= 0.3 is 5.97 Å². The second-order valence-electron chi connectivity index (χ2n) is 11.4. The first-order chi connectivity index (χ1) is 20.5. The molecule has 0 radical (unpaired) electrons. The molecule has 6 nitrogen and oxygen atoms in total. The van der Waals surface area contributed by atoms with E-state index in [1.54, 1.807) is 11.8 Å². The molecule has 1 saturated heterocycles. The number of fused-ring (bicyclic) bond motifs is 3. The average Bonchev–Trinajstić information content (AvgIpc) is 3.02. The van der Waals surface area contributed by atoms with Gasteiger partial charge in [-0.2, -0.15) is 0 Å². The Hall–Kier alpha value is -4.45. The number of likely N-dealkylation sites (tertiary alicyclic amines) is 1. The van der Waals surface area contributed by atoms with Crippen molar-refractivity contribution in [1.82, 2.24) is 10.2 Å². The highest BCUT2D eigenvalue weighted by molar-refractivity contribution is 5.93. The van der Waals surface area contributed by atoms with E-state index in [2.05, 4.69) is 35.6 Å². The number of allylic oxidation sites excluding steroid dienone is 1. The third kappa shape index (κ3) is 5.18. The second kappa shape index (κ2) is 11.8. The summed E-state index contributed by atoms with van der Waals surface area (Å²) in [5.41, 5.74) is 1.83. The average molecular weight is 561 g/mol. The Bertz CT molecular complexity index is 1680. The number of nitrogens with one attached hydrogen (secondary N) is 1. The van der Waals surface area contributed by atoms with E-state index < -0.39 is 11.3 Å². The lowest BCUT2D eigenvalue weighted by Gasteiger charge is -2.48. The Balaban J connectivity index is 1.29. The van der Waals surface area contributed by atoms with Crippen LogP contribution in [0, 0.1) is 11.3 Å². The molecule has 0 unspecified atom stereocenters. The highest BCUT2D eigenvalue weighted by Gasteiger charge is 2.54. The minimum Gasteiger partial charge on any atom is -0.465 e. The highest BCUT2D eigenvalue weighted by Crippen LogP contribution is 2.50. The smallest absolute Gasteiger partial charge is 0.318 e. The summed E-state index contributed by atoms with van der Waals surface area (Å²) in [6.45, 7) is 2.78. The summed E-state index contributed by atoms with van der Waals surface area (Å²) in [6, 6.07) is 28.3. The molecular formula is C36H36N2O4. The van der Waals surface area contributed by atoms with E-state index in [4.69, 9.17) is 4.74 Å². The van der Waals surface area contributed by atoms with Crippen LogP contribution >= 0.6 is 0 Å². The van der Waals surface area contributed by atoms with Crippen molar-refractivity contribution in [1.29, 1.82) is 0 Å². The summed E-state index contributed by atoms with van der Waals surface area (Å²) < 4.78 is 5.63. The Morgan fingerprint density at radius 3 is 2.26 bits per heavy atom. The van der Waals surface area contributed by atoms with E-state index in [0.29, 0.717) is 19.5 Å². The lowest BCUT2D eigenvalue weighted by Crippen LogP contribution is -2.54. The molecule has 0 saturated carbocycles. The predicted octanol–water partition coefficient (Wildman–Crippen LogP) is 6.67. The van der Waals surface area contributed by atoms with Crippen LogP contribution in [0.1, 0.15) is 50.2 Å². The van der Waals surface area contributed by atoms with E-state index in [0.717, 1.165) is 51.2 Å². The number of carbonyl (C=O) groups excluding carboxylic acids is 3. The van der Waals surface area contributed by atoms with Crippen LogP contribution < -0.4 is 5.32 Å². The molecule has 1 N–H and O–H groups in total. The summed E-state index contributed by atoms with van der Waals surface area (Å²) in [5.74, 6) is -1.25. The fraction of sp³-hybridized carbons (Fsp3) is 0.306. The van der Waals surface area contributed by atoms with Gasteiger partial charge in [0.05, 0.1) is 13.2 Å². The van der Waals surface area contributed by atoms with Gasteiger partial charge in [-0.05, 0) is 65.3 Å². The molecule has 0 aromatic heterocycles. The molecule has 1 aliphatic carbocycles. The molecule has 1 heterocycles. The monoisotopic (exact) mass is 560 g/mol. The second-order valence-corrected chi connectivity index (χ2v) is 11.4. The molecule has 6 heteroatoms. The number of piperidine rings is 1. The Labute approximate surface area is 246 Å². The van der Waals surface area contributed by atoms with Gasteiger partial charge < -0.3 is 15.0 Å². The lowest BCUT2D eigenvalue weighted by atomic mass is 9.66. The van der Waals surface area contributed by atoms with E-state index in [-0.39, 0.29) is 37.2 Å². The van der Waals surface area contributed by atoms with E-state index in [1.165, 1.54) is 0 Å². The fourth-order valence-electron chi connectivity index (χ4n) is 6.81. The van der Waals surface area contributed by atoms with Gasteiger partial charge in [0.15, 0.2) is 0 Å². The van der Waals surface area contributed by atoms with Crippen LogP contribution in [0.15, 0.2) is 96.7 Å². The number of rotatable bonds is 8. The predicted molar refractivity (Wildman–Crippen MR) is 164 cm³/mol. The quantitative estimate of drug-likeness (QED) is 0.244. The molecule has 1 fully saturated rings. The van der Waals surface area contributed by atoms with Crippen molar-refractivity contribution in [2.75, 3.05) is 6.61 Å². The third-order valence-corrected chi connectivity index (χ3v) is 8.80. The number of esters is 1. The number of ether oxygens (including phenoxy) is 1. The van der Waals surface area contributed by atoms with Gasteiger partial charge in [0, 0.05) is 24.6 Å². The standard InChI is InChI=1S/C36H36N2O4/c1-2-42-35(41)36-20-8-7-19-32(36)38(24-28-16-10-14-26-12-4-6-18-31(26)28)34(40)29(22-36)21-33(39)37-23-27-15-9-13-25-11-3-5-17-30(25)27/h3-6,9-19,29H,2,7-8,20-24H2,1H3,(H,37,39)/t29-,36+/m1/s1. The summed E-state index contributed by atoms with van der Waals surface area (Å²) in [6.07, 6.45) is 4.57. The first-order valence-corrected chi connectivity index (χ1v) is 14.9. The van der Waals surface area contributed by atoms with Crippen LogP contribution in [-0.2, 0) is 32.2 Å². The van der Waals surface area contributed by atoms with Crippen LogP contribution in [0.5, 0.6) is 0 Å². The summed E-state index contributed by atoms with van der Waals surface area (Å²) in [5, 5.41) is 7.42. The normalized spacial score (nSPS) is 20.2. The van der Waals surface area contributed by atoms with Gasteiger partial charge in [-0.3, -0.25) is 14.4 Å². The summed E-state index contributed by atoms with van der Waals surface area (Å²) in [4.78, 5) is 42.9. The number of hydrogen-bond acceptors (Lipinski definition) is 4. The van der Waals surface area contributed by atoms with Gasteiger partial charge in [-0.25, -0.2) is 0 Å². The number of hydrogen-bond donors (Lipinski definition) is 1. The molecule has 4 aromatic carbocycles. The number of amides is 2. The Kier molecular flexibility index (Phi) is 7.79. The van der Waals surface area contributed by atoms with Crippen molar-refractivity contribution in [3.05, 3.63) is 108 Å². The van der Waals surface area contributed by atoms with Crippen molar-refractivity contribution >= 4 is 39.3 Å². The van der Waals surface area contributed by atoms with Gasteiger partial charge in [-0.15, -0.1) is 0 Å². The minimum atomic E-state index is -0.937. The van der Waals surface area contributed by atoms with Gasteiger partial charge in [0.25, 0.3) is 0 Å². The first-order valence-electron chi connectivity index (χ1n) is 14.9. The molecule has 2 atom stereocenters. The summed E-state index contributed by atoms with van der Waals surface area (Å²) in [7, 11) is 0. The van der Waals surface area contributed by atoms with Gasteiger partial charge in [-0.1, -0.05) is 91.0 Å². The maximum Gasteiger partial charge on any atom is 0.318 e. The highest BCUT2D eigenvalue weighted by atomic mass is 16.5. The maximum absolute atomic E-state index is 14.2. The van der Waals surface area contributed by atoms with Crippen LogP contribution in [0.2, 0.25) is 0 Å². The molecule has 6 rings (SSSR count). The van der Waals surface area contributed by atoms with E-state index in [9.17, 15) is 14.4 Å². The zero-order chi connectivity index (χ0) is 29.1. The maximum atomic E-state index is 14.2. The van der Waals surface area contributed by atoms with Crippen LogP contribution in [0.4, 0.5) is 0 Å². The fourth-order valence-corrected chi connectivity index (χ4v) is 6.81. The first kappa shape index (κ1) is 27.7. The third-order valence-electron chi connectivity index (χ3n) is 8.80. The molecule has 2 aliphatic rings. The SMILES string of the molecule is CCOC(=O)[C@]12CCCC=C1N(Cc1cccc3ccccc13)C(=O)[C@H](CC(=O)NCc1cccc3ccccc13)C2. The van der Waals surface area contributed by atoms with Crippen molar-refractivity contribution < 1.29 is 19.1 Å². The summed E-state index contributed by atoms with van der Waals surface area (Å²) >= 11 is 0. The molecule has 0 spiro atoms. The topological polar surface area (TPSA) is 75.7 Å². The molecule has 0 bridgehead atoms. The van der Waals surface area contributed by atoms with Crippen molar-refractivity contribution in [2.45, 2.75) is 52.1 Å². The molecule has 2 amide bonds. The lowest BCUT2D eigenvalue weighted by molar-refractivity contribution is -0.162. The minimum absolute atomic E-state index is 0.0179. The van der Waals surface area contributed by atoms with Crippen LogP contribution in [-0.4, -0.2) is 29.3 Å².